The molecule has 146 valence electrons. The summed E-state index contributed by atoms with van der Waals surface area (Å²) in [7, 11) is 3.22. The Hall–Kier alpha value is -3.28. The summed E-state index contributed by atoms with van der Waals surface area (Å²) in [6.45, 7) is 3.26. The summed E-state index contributed by atoms with van der Waals surface area (Å²) in [4.78, 5) is 16.6. The number of carbonyl (C=O) groups excluding carboxylic acids is 1. The summed E-state index contributed by atoms with van der Waals surface area (Å²) in [6.07, 6.45) is 4.45. The Kier molecular flexibility index (Phi) is 6.32. The van der Waals surface area contributed by atoms with E-state index in [1.54, 1.807) is 20.4 Å². The van der Waals surface area contributed by atoms with Crippen LogP contribution in [0.4, 0.5) is 0 Å². The summed E-state index contributed by atoms with van der Waals surface area (Å²) >= 11 is 0. The zero-order valence-electron chi connectivity index (χ0n) is 16.4. The van der Waals surface area contributed by atoms with Crippen LogP contribution in [0.5, 0.6) is 11.5 Å². The molecule has 0 bridgehead atoms. The van der Waals surface area contributed by atoms with E-state index in [4.69, 9.17) is 9.47 Å². The fourth-order valence-corrected chi connectivity index (χ4v) is 2.99. The van der Waals surface area contributed by atoms with Gasteiger partial charge in [0.05, 0.1) is 14.2 Å². The third-order valence-electron chi connectivity index (χ3n) is 4.64. The van der Waals surface area contributed by atoms with E-state index in [9.17, 15) is 4.79 Å². The van der Waals surface area contributed by atoms with Crippen LogP contribution in [0, 0.1) is 6.92 Å². The van der Waals surface area contributed by atoms with Crippen LogP contribution in [0.2, 0.25) is 0 Å². The summed E-state index contributed by atoms with van der Waals surface area (Å²) in [5, 5.41) is 2.96. The van der Waals surface area contributed by atoms with Gasteiger partial charge in [0.1, 0.15) is 5.82 Å². The monoisotopic (exact) mass is 379 g/mol. The number of nitrogens with zero attached hydrogens (tertiary/aromatic N) is 2. The van der Waals surface area contributed by atoms with E-state index in [1.807, 2.05) is 55.6 Å². The highest BCUT2D eigenvalue weighted by Crippen LogP contribution is 2.27. The highest BCUT2D eigenvalue weighted by molar-refractivity contribution is 5.94. The predicted molar refractivity (Wildman–Crippen MR) is 108 cm³/mol. The molecule has 0 aliphatic rings. The highest BCUT2D eigenvalue weighted by atomic mass is 16.5. The van der Waals surface area contributed by atoms with Crippen LogP contribution in [-0.2, 0) is 13.0 Å². The van der Waals surface area contributed by atoms with Gasteiger partial charge in [0.15, 0.2) is 11.5 Å². The number of benzene rings is 2. The van der Waals surface area contributed by atoms with Gasteiger partial charge in [0.2, 0.25) is 0 Å². The van der Waals surface area contributed by atoms with Gasteiger partial charge in [0.25, 0.3) is 5.91 Å². The predicted octanol–water partition coefficient (Wildman–Crippen LogP) is 3.23. The molecule has 2 aromatic carbocycles. The van der Waals surface area contributed by atoms with E-state index < -0.39 is 0 Å². The van der Waals surface area contributed by atoms with Crippen molar-refractivity contribution in [3.05, 3.63) is 77.4 Å². The van der Waals surface area contributed by atoms with Crippen LogP contribution in [0.1, 0.15) is 27.3 Å². The van der Waals surface area contributed by atoms with Gasteiger partial charge in [-0.15, -0.1) is 0 Å². The molecular weight excluding hydrogens is 354 g/mol. The van der Waals surface area contributed by atoms with Crippen LogP contribution < -0.4 is 14.8 Å². The second kappa shape index (κ2) is 9.08. The Morgan fingerprint density at radius 1 is 1.04 bits per heavy atom. The molecule has 1 heterocycles. The van der Waals surface area contributed by atoms with Crippen molar-refractivity contribution in [2.75, 3.05) is 20.8 Å². The lowest BCUT2D eigenvalue weighted by Gasteiger charge is -2.10. The van der Waals surface area contributed by atoms with Gasteiger partial charge < -0.3 is 19.4 Å². The quantitative estimate of drug-likeness (QED) is 0.653. The van der Waals surface area contributed by atoms with E-state index in [-0.39, 0.29) is 5.91 Å². The minimum atomic E-state index is -0.0779. The first kappa shape index (κ1) is 19.5. The molecule has 0 atom stereocenters. The molecular formula is C22H25N3O3. The first-order valence-electron chi connectivity index (χ1n) is 9.16. The molecule has 3 aromatic rings. The number of ether oxygens (including phenoxy) is 2. The minimum Gasteiger partial charge on any atom is -0.493 e. The van der Waals surface area contributed by atoms with Crippen LogP contribution in [0.25, 0.3) is 0 Å². The Balaban J connectivity index is 1.53. The molecule has 0 unspecified atom stereocenters. The zero-order valence-corrected chi connectivity index (χ0v) is 16.4. The Bertz CT molecular complexity index is 932. The van der Waals surface area contributed by atoms with Crippen molar-refractivity contribution < 1.29 is 14.3 Å². The van der Waals surface area contributed by atoms with Gasteiger partial charge >= 0.3 is 0 Å². The lowest BCUT2D eigenvalue weighted by molar-refractivity contribution is 0.0954. The van der Waals surface area contributed by atoms with Gasteiger partial charge in [-0.25, -0.2) is 4.98 Å². The molecule has 0 saturated carbocycles. The Morgan fingerprint density at radius 3 is 2.39 bits per heavy atom. The summed E-state index contributed by atoms with van der Waals surface area (Å²) in [6, 6.07) is 13.4. The number of nitrogens with one attached hydrogen (secondary N) is 1. The lowest BCUT2D eigenvalue weighted by atomic mass is 10.1. The molecule has 28 heavy (non-hydrogen) atoms. The molecule has 6 nitrogen and oxygen atoms in total. The van der Waals surface area contributed by atoms with Crippen molar-refractivity contribution in [3.8, 4) is 11.5 Å². The van der Waals surface area contributed by atoms with E-state index >= 15 is 0 Å². The topological polar surface area (TPSA) is 65.4 Å². The Labute approximate surface area is 165 Å². The molecule has 1 amide bonds. The maximum atomic E-state index is 12.4. The molecule has 0 spiro atoms. The van der Waals surface area contributed by atoms with Crippen molar-refractivity contribution in [2.24, 2.45) is 0 Å². The van der Waals surface area contributed by atoms with Crippen LogP contribution in [-0.4, -0.2) is 36.2 Å². The minimum absolute atomic E-state index is 0.0779. The number of amides is 1. The van der Waals surface area contributed by atoms with Gasteiger partial charge in [-0.2, -0.15) is 0 Å². The van der Waals surface area contributed by atoms with E-state index in [2.05, 4.69) is 14.9 Å². The largest absolute Gasteiger partial charge is 0.493 e. The second-order valence-corrected chi connectivity index (χ2v) is 6.49. The average Bonchev–Trinajstić information content (AvgIpc) is 3.12. The fourth-order valence-electron chi connectivity index (χ4n) is 2.99. The third-order valence-corrected chi connectivity index (χ3v) is 4.64. The van der Waals surface area contributed by atoms with Crippen molar-refractivity contribution in [1.29, 1.82) is 0 Å². The SMILES string of the molecule is COc1ccc(CCNC(=O)c2ccc(Cn3ccnc3C)cc2)cc1OC. The van der Waals surface area contributed by atoms with Crippen molar-refractivity contribution >= 4 is 5.91 Å². The number of aromatic nitrogens is 2. The average molecular weight is 379 g/mol. The molecule has 0 saturated heterocycles. The maximum absolute atomic E-state index is 12.4. The van der Waals surface area contributed by atoms with Crippen molar-refractivity contribution in [2.45, 2.75) is 19.9 Å². The summed E-state index contributed by atoms with van der Waals surface area (Å²) in [5.74, 6) is 2.28. The van der Waals surface area contributed by atoms with E-state index in [1.165, 1.54) is 0 Å². The fraction of sp³-hybridized carbons (Fsp3) is 0.273. The molecule has 6 heteroatoms. The lowest BCUT2D eigenvalue weighted by Crippen LogP contribution is -2.25. The van der Waals surface area contributed by atoms with Gasteiger partial charge in [-0.05, 0) is 48.7 Å². The Morgan fingerprint density at radius 2 is 1.75 bits per heavy atom. The van der Waals surface area contributed by atoms with Crippen molar-refractivity contribution in [3.63, 3.8) is 0 Å². The molecule has 0 aliphatic carbocycles. The first-order chi connectivity index (χ1) is 13.6. The summed E-state index contributed by atoms with van der Waals surface area (Å²) in [5.41, 5.74) is 2.85. The maximum Gasteiger partial charge on any atom is 0.251 e. The molecule has 1 aromatic heterocycles. The number of rotatable bonds is 8. The summed E-state index contributed by atoms with van der Waals surface area (Å²) < 4.78 is 12.6. The van der Waals surface area contributed by atoms with Crippen LogP contribution in [0.3, 0.4) is 0 Å². The third kappa shape index (κ3) is 4.71. The molecule has 1 N–H and O–H groups in total. The first-order valence-corrected chi connectivity index (χ1v) is 9.16. The van der Waals surface area contributed by atoms with Gasteiger partial charge in [-0.3, -0.25) is 4.79 Å². The van der Waals surface area contributed by atoms with Crippen LogP contribution >= 0.6 is 0 Å². The standard InChI is InChI=1S/C22H25N3O3/c1-16-23-12-13-25(16)15-18-4-7-19(8-5-18)22(26)24-11-10-17-6-9-20(27-2)21(14-17)28-3/h4-9,12-14H,10-11,15H2,1-3H3,(H,24,26). The van der Waals surface area contributed by atoms with Crippen molar-refractivity contribution in [1.82, 2.24) is 14.9 Å². The number of hydrogen-bond acceptors (Lipinski definition) is 4. The molecule has 0 radical (unpaired) electrons. The normalized spacial score (nSPS) is 10.5. The van der Waals surface area contributed by atoms with E-state index in [0.29, 0.717) is 30.0 Å². The van der Waals surface area contributed by atoms with Gasteiger partial charge in [-0.1, -0.05) is 18.2 Å². The molecule has 0 aliphatic heterocycles. The number of methoxy groups -OCH3 is 2. The number of hydrogen-bond donors (Lipinski definition) is 1. The number of carbonyl (C=O) groups is 1. The van der Waals surface area contributed by atoms with E-state index in [0.717, 1.165) is 23.5 Å². The number of imidazole rings is 1. The van der Waals surface area contributed by atoms with Gasteiger partial charge in [0, 0.05) is 31.0 Å². The molecule has 3 rings (SSSR count). The zero-order chi connectivity index (χ0) is 19.9. The second-order valence-electron chi connectivity index (χ2n) is 6.49. The molecule has 0 fully saturated rings. The number of aryl methyl sites for hydroxylation is 1. The highest BCUT2D eigenvalue weighted by Gasteiger charge is 2.08. The van der Waals surface area contributed by atoms with Crippen LogP contribution in [0.15, 0.2) is 54.9 Å². The smallest absolute Gasteiger partial charge is 0.251 e.